The molecule has 0 spiro atoms. The van der Waals surface area contributed by atoms with Gasteiger partial charge in [-0.05, 0) is 28.4 Å². The van der Waals surface area contributed by atoms with Gasteiger partial charge in [-0.1, -0.05) is 29.8 Å². The van der Waals surface area contributed by atoms with E-state index in [1.165, 1.54) is 11.1 Å². The van der Waals surface area contributed by atoms with Crippen LogP contribution in [0.2, 0.25) is 0 Å². The van der Waals surface area contributed by atoms with Crippen LogP contribution in [0.5, 0.6) is 0 Å². The SMILES string of the molecule is Cc1ccc(C(CN)Cn2ccnc2Br)cc1. The second-order valence-corrected chi connectivity index (χ2v) is 4.90. The Labute approximate surface area is 110 Å². The molecule has 1 unspecified atom stereocenters. The third-order valence-electron chi connectivity index (χ3n) is 2.92. The van der Waals surface area contributed by atoms with Crippen LogP contribution in [0, 0.1) is 6.92 Å². The molecule has 0 bridgehead atoms. The first-order valence-corrected chi connectivity index (χ1v) is 6.43. The van der Waals surface area contributed by atoms with Gasteiger partial charge in [-0.3, -0.25) is 0 Å². The van der Waals surface area contributed by atoms with Crippen LogP contribution in [0.4, 0.5) is 0 Å². The lowest BCUT2D eigenvalue weighted by Gasteiger charge is -2.16. The Balaban J connectivity index is 2.17. The van der Waals surface area contributed by atoms with Crippen molar-refractivity contribution in [3.05, 3.63) is 52.5 Å². The predicted molar refractivity (Wildman–Crippen MR) is 72.9 cm³/mol. The van der Waals surface area contributed by atoms with Crippen LogP contribution in [0.15, 0.2) is 41.4 Å². The minimum atomic E-state index is 0.320. The molecule has 2 aromatic rings. The molecule has 1 atom stereocenters. The third kappa shape index (κ3) is 2.96. The summed E-state index contributed by atoms with van der Waals surface area (Å²) in [5, 5.41) is 0. The molecule has 17 heavy (non-hydrogen) atoms. The highest BCUT2D eigenvalue weighted by atomic mass is 79.9. The number of rotatable bonds is 4. The number of imidazole rings is 1. The van der Waals surface area contributed by atoms with Crippen molar-refractivity contribution in [2.24, 2.45) is 5.73 Å². The Kier molecular flexibility index (Phi) is 3.97. The van der Waals surface area contributed by atoms with E-state index < -0.39 is 0 Å². The third-order valence-corrected chi connectivity index (χ3v) is 3.58. The van der Waals surface area contributed by atoms with Gasteiger partial charge in [0.15, 0.2) is 4.73 Å². The van der Waals surface area contributed by atoms with Crippen molar-refractivity contribution < 1.29 is 0 Å². The van der Waals surface area contributed by atoms with Gasteiger partial charge in [0.1, 0.15) is 0 Å². The zero-order valence-electron chi connectivity index (χ0n) is 9.81. The van der Waals surface area contributed by atoms with E-state index in [9.17, 15) is 0 Å². The molecule has 2 N–H and O–H groups in total. The summed E-state index contributed by atoms with van der Waals surface area (Å²) in [5.74, 6) is 0.320. The molecule has 0 fully saturated rings. The van der Waals surface area contributed by atoms with E-state index in [2.05, 4.69) is 56.7 Å². The summed E-state index contributed by atoms with van der Waals surface area (Å²) in [7, 11) is 0. The average molecular weight is 294 g/mol. The van der Waals surface area contributed by atoms with Gasteiger partial charge in [-0.25, -0.2) is 4.98 Å². The fraction of sp³-hybridized carbons (Fsp3) is 0.308. The number of aryl methyl sites for hydroxylation is 1. The van der Waals surface area contributed by atoms with Crippen LogP contribution in [-0.4, -0.2) is 16.1 Å². The Morgan fingerprint density at radius 2 is 2.06 bits per heavy atom. The molecule has 0 saturated heterocycles. The van der Waals surface area contributed by atoms with Gasteiger partial charge in [-0.15, -0.1) is 0 Å². The van der Waals surface area contributed by atoms with Crippen LogP contribution in [0.3, 0.4) is 0 Å². The summed E-state index contributed by atoms with van der Waals surface area (Å²) in [6.07, 6.45) is 3.74. The fourth-order valence-electron chi connectivity index (χ4n) is 1.84. The number of nitrogens with zero attached hydrogens (tertiary/aromatic N) is 2. The maximum absolute atomic E-state index is 5.86. The fourth-order valence-corrected chi connectivity index (χ4v) is 2.22. The molecule has 1 aromatic heterocycles. The van der Waals surface area contributed by atoms with E-state index in [1.807, 2.05) is 6.20 Å². The zero-order valence-corrected chi connectivity index (χ0v) is 11.4. The molecule has 0 aliphatic heterocycles. The molecule has 1 heterocycles. The minimum Gasteiger partial charge on any atom is -0.330 e. The molecular weight excluding hydrogens is 278 g/mol. The maximum Gasteiger partial charge on any atom is 0.177 e. The van der Waals surface area contributed by atoms with E-state index in [0.29, 0.717) is 12.5 Å². The van der Waals surface area contributed by atoms with Gasteiger partial charge < -0.3 is 10.3 Å². The lowest BCUT2D eigenvalue weighted by Crippen LogP contribution is -2.18. The number of hydrogen-bond donors (Lipinski definition) is 1. The van der Waals surface area contributed by atoms with Gasteiger partial charge in [0.05, 0.1) is 0 Å². The smallest absolute Gasteiger partial charge is 0.177 e. The van der Waals surface area contributed by atoms with Crippen molar-refractivity contribution in [1.29, 1.82) is 0 Å². The van der Waals surface area contributed by atoms with Crippen molar-refractivity contribution in [1.82, 2.24) is 9.55 Å². The summed E-state index contributed by atoms with van der Waals surface area (Å²) in [6.45, 7) is 3.57. The average Bonchev–Trinajstić information content (AvgIpc) is 2.73. The monoisotopic (exact) mass is 293 g/mol. The Hall–Kier alpha value is -1.13. The van der Waals surface area contributed by atoms with Crippen LogP contribution >= 0.6 is 15.9 Å². The quantitative estimate of drug-likeness (QED) is 0.942. The summed E-state index contributed by atoms with van der Waals surface area (Å²) in [6, 6.07) is 8.55. The van der Waals surface area contributed by atoms with Gasteiger partial charge in [0, 0.05) is 31.4 Å². The van der Waals surface area contributed by atoms with E-state index in [-0.39, 0.29) is 0 Å². The molecule has 0 aliphatic rings. The number of nitrogens with two attached hydrogens (primary N) is 1. The number of hydrogen-bond acceptors (Lipinski definition) is 2. The van der Waals surface area contributed by atoms with Crippen molar-refractivity contribution in [2.75, 3.05) is 6.54 Å². The lowest BCUT2D eigenvalue weighted by molar-refractivity contribution is 0.558. The first-order chi connectivity index (χ1) is 8.20. The molecule has 0 aliphatic carbocycles. The standard InChI is InChI=1S/C13H16BrN3/c1-10-2-4-11(5-3-10)12(8-15)9-17-7-6-16-13(17)14/h2-7,12H,8-9,15H2,1H3. The highest BCUT2D eigenvalue weighted by Gasteiger charge is 2.11. The molecule has 3 nitrogen and oxygen atoms in total. The molecule has 2 rings (SSSR count). The van der Waals surface area contributed by atoms with Gasteiger partial charge in [0.25, 0.3) is 0 Å². The van der Waals surface area contributed by atoms with Crippen molar-refractivity contribution >= 4 is 15.9 Å². The topological polar surface area (TPSA) is 43.8 Å². The highest BCUT2D eigenvalue weighted by Crippen LogP contribution is 2.19. The normalized spacial score (nSPS) is 12.6. The molecule has 1 aromatic carbocycles. The second-order valence-electron chi connectivity index (χ2n) is 4.19. The minimum absolute atomic E-state index is 0.320. The Morgan fingerprint density at radius 1 is 1.35 bits per heavy atom. The van der Waals surface area contributed by atoms with E-state index in [1.54, 1.807) is 6.20 Å². The summed E-state index contributed by atoms with van der Waals surface area (Å²) >= 11 is 3.42. The van der Waals surface area contributed by atoms with Gasteiger partial charge in [-0.2, -0.15) is 0 Å². The largest absolute Gasteiger partial charge is 0.330 e. The lowest BCUT2D eigenvalue weighted by atomic mass is 9.98. The highest BCUT2D eigenvalue weighted by molar-refractivity contribution is 9.10. The number of benzene rings is 1. The molecule has 4 heteroatoms. The first-order valence-electron chi connectivity index (χ1n) is 5.64. The number of aromatic nitrogens is 2. The van der Waals surface area contributed by atoms with Crippen molar-refractivity contribution in [2.45, 2.75) is 19.4 Å². The maximum atomic E-state index is 5.86. The molecule has 0 amide bonds. The van der Waals surface area contributed by atoms with Crippen LogP contribution in [0.1, 0.15) is 17.0 Å². The van der Waals surface area contributed by atoms with Gasteiger partial charge >= 0.3 is 0 Å². The summed E-state index contributed by atoms with van der Waals surface area (Å²) < 4.78 is 2.92. The van der Waals surface area contributed by atoms with Gasteiger partial charge in [0.2, 0.25) is 0 Å². The molecule has 90 valence electrons. The number of halogens is 1. The Morgan fingerprint density at radius 3 is 2.59 bits per heavy atom. The van der Waals surface area contributed by atoms with E-state index >= 15 is 0 Å². The van der Waals surface area contributed by atoms with Crippen molar-refractivity contribution in [3.8, 4) is 0 Å². The second kappa shape index (κ2) is 5.47. The first kappa shape index (κ1) is 12.3. The Bertz CT molecular complexity index is 476. The molecule has 0 radical (unpaired) electrons. The zero-order chi connectivity index (χ0) is 12.3. The van der Waals surface area contributed by atoms with Crippen LogP contribution < -0.4 is 5.73 Å². The van der Waals surface area contributed by atoms with Crippen LogP contribution in [-0.2, 0) is 6.54 Å². The summed E-state index contributed by atoms with van der Waals surface area (Å²) in [5.41, 5.74) is 8.41. The molecular formula is C13H16BrN3. The van der Waals surface area contributed by atoms with E-state index in [0.717, 1.165) is 11.3 Å². The summed E-state index contributed by atoms with van der Waals surface area (Å²) in [4.78, 5) is 4.15. The van der Waals surface area contributed by atoms with Crippen molar-refractivity contribution in [3.63, 3.8) is 0 Å². The van der Waals surface area contributed by atoms with Crippen LogP contribution in [0.25, 0.3) is 0 Å². The van der Waals surface area contributed by atoms with E-state index in [4.69, 9.17) is 5.73 Å². The predicted octanol–water partition coefficient (Wildman–Crippen LogP) is 2.70. The molecule has 0 saturated carbocycles.